The van der Waals surface area contributed by atoms with Gasteiger partial charge in [-0.15, -0.1) is 0 Å². The summed E-state index contributed by atoms with van der Waals surface area (Å²) in [5, 5.41) is 15.0. The minimum absolute atomic E-state index is 0.0453. The maximum Gasteiger partial charge on any atom is 0.394 e. The number of nitrogen functional groups attached to an aromatic ring is 1. The maximum absolute atomic E-state index is 11.8. The Kier molecular flexibility index (Phi) is 5.27. The molecule has 0 radical (unpaired) electrons. The molecule has 0 aliphatic carbocycles. The fraction of sp³-hybridized carbons (Fsp3) is 0.0526. The van der Waals surface area contributed by atoms with Gasteiger partial charge in [0.1, 0.15) is 5.75 Å². The van der Waals surface area contributed by atoms with Gasteiger partial charge in [-0.3, -0.25) is 20.7 Å². The number of nitrogens with two attached hydrogens (primary N) is 1. The molecule has 0 spiro atoms. The zero-order valence-electron chi connectivity index (χ0n) is 14.1. The fourth-order valence-electron chi connectivity index (χ4n) is 2.36. The second kappa shape index (κ2) is 7.96. The standard InChI is InChI=1S/C19H15N3O5/c20-19(14-5-8-16(9-6-14)22(24)25)21-27-18(23)12-26-17-10-7-13-3-1-2-4-15(13)11-17/h1-11H,12H2,(H2,20,21)/p+1. The molecule has 3 rings (SSSR count). The lowest BCUT2D eigenvalue weighted by Gasteiger charge is -2.05. The van der Waals surface area contributed by atoms with Crippen molar-refractivity contribution in [2.24, 2.45) is 5.73 Å². The van der Waals surface area contributed by atoms with Crippen LogP contribution in [-0.2, 0) is 9.63 Å². The zero-order chi connectivity index (χ0) is 19.2. The number of nitrogens with zero attached hydrogens (tertiary/aromatic N) is 1. The number of carbonyl (C=O) groups is 1. The van der Waals surface area contributed by atoms with E-state index in [0.717, 1.165) is 10.8 Å². The molecule has 8 nitrogen and oxygen atoms in total. The van der Waals surface area contributed by atoms with E-state index < -0.39 is 10.9 Å². The van der Waals surface area contributed by atoms with E-state index in [-0.39, 0.29) is 18.1 Å². The first-order chi connectivity index (χ1) is 13.0. The second-order valence-electron chi connectivity index (χ2n) is 5.59. The van der Waals surface area contributed by atoms with Gasteiger partial charge in [0.25, 0.3) is 5.69 Å². The number of rotatable bonds is 6. The van der Waals surface area contributed by atoms with Crippen LogP contribution in [0.1, 0.15) is 5.56 Å². The minimum Gasteiger partial charge on any atom is -0.482 e. The Morgan fingerprint density at radius 2 is 1.74 bits per heavy atom. The van der Waals surface area contributed by atoms with E-state index in [1.165, 1.54) is 24.3 Å². The van der Waals surface area contributed by atoms with Crippen LogP contribution < -0.4 is 15.6 Å². The van der Waals surface area contributed by atoms with Crippen LogP contribution in [0, 0.1) is 10.1 Å². The summed E-state index contributed by atoms with van der Waals surface area (Å²) in [5.41, 5.74) is 6.14. The molecule has 27 heavy (non-hydrogen) atoms. The summed E-state index contributed by atoms with van der Waals surface area (Å²) < 4.78 is 5.42. The highest BCUT2D eigenvalue weighted by Crippen LogP contribution is 2.20. The van der Waals surface area contributed by atoms with Crippen molar-refractivity contribution >= 4 is 28.3 Å². The van der Waals surface area contributed by atoms with Crippen LogP contribution in [0.25, 0.3) is 10.8 Å². The van der Waals surface area contributed by atoms with Gasteiger partial charge in [-0.05, 0) is 35.0 Å². The number of amidine groups is 1. The van der Waals surface area contributed by atoms with Gasteiger partial charge < -0.3 is 4.74 Å². The monoisotopic (exact) mass is 366 g/mol. The van der Waals surface area contributed by atoms with Crippen molar-refractivity contribution in [1.82, 2.24) is 0 Å². The smallest absolute Gasteiger partial charge is 0.394 e. The number of hydrogen-bond acceptors (Lipinski definition) is 5. The largest absolute Gasteiger partial charge is 0.482 e. The van der Waals surface area contributed by atoms with Gasteiger partial charge in [-0.1, -0.05) is 35.5 Å². The molecule has 0 aromatic heterocycles. The highest BCUT2D eigenvalue weighted by molar-refractivity contribution is 5.93. The molecule has 0 aliphatic rings. The zero-order valence-corrected chi connectivity index (χ0v) is 14.1. The van der Waals surface area contributed by atoms with Crippen LogP contribution in [0.3, 0.4) is 0 Å². The van der Waals surface area contributed by atoms with Gasteiger partial charge in [0, 0.05) is 12.1 Å². The van der Waals surface area contributed by atoms with Gasteiger partial charge in [-0.2, -0.15) is 0 Å². The number of hydrogen-bond donors (Lipinski definition) is 2. The van der Waals surface area contributed by atoms with Crippen molar-refractivity contribution in [2.45, 2.75) is 0 Å². The van der Waals surface area contributed by atoms with Crippen molar-refractivity contribution in [3.05, 3.63) is 82.4 Å². The first-order valence-corrected chi connectivity index (χ1v) is 7.97. The Morgan fingerprint density at radius 1 is 1.04 bits per heavy atom. The lowest BCUT2D eigenvalue weighted by Crippen LogP contribution is -2.76. The third kappa shape index (κ3) is 4.57. The average Bonchev–Trinajstić information content (AvgIpc) is 2.70. The molecule has 0 saturated heterocycles. The molecule has 0 saturated carbocycles. The first-order valence-electron chi connectivity index (χ1n) is 7.97. The first kappa shape index (κ1) is 17.9. The number of fused-ring (bicyclic) bond motifs is 1. The Hall–Kier alpha value is -3.94. The van der Waals surface area contributed by atoms with Crippen molar-refractivity contribution in [1.29, 1.82) is 0 Å². The number of nitro groups is 1. The predicted molar refractivity (Wildman–Crippen MR) is 97.9 cm³/mol. The van der Waals surface area contributed by atoms with Crippen molar-refractivity contribution in [2.75, 3.05) is 6.61 Å². The number of nitro benzene ring substituents is 1. The van der Waals surface area contributed by atoms with Crippen molar-refractivity contribution in [3.8, 4) is 5.75 Å². The van der Waals surface area contributed by atoms with E-state index in [4.69, 9.17) is 15.3 Å². The topological polar surface area (TPSA) is 119 Å². The lowest BCUT2D eigenvalue weighted by atomic mass is 10.1. The molecule has 3 N–H and O–H groups in total. The number of benzene rings is 3. The summed E-state index contributed by atoms with van der Waals surface area (Å²) in [5.74, 6) is -0.0880. The van der Waals surface area contributed by atoms with Gasteiger partial charge in [0.05, 0.1) is 10.5 Å². The molecule has 0 bridgehead atoms. The van der Waals surface area contributed by atoms with E-state index in [1.807, 2.05) is 36.4 Å². The average molecular weight is 366 g/mol. The van der Waals surface area contributed by atoms with E-state index in [2.05, 4.69) is 5.16 Å². The summed E-state index contributed by atoms with van der Waals surface area (Å²) in [4.78, 5) is 26.7. The molecular formula is C19H16N3O5+. The summed E-state index contributed by atoms with van der Waals surface area (Å²) >= 11 is 0. The van der Waals surface area contributed by atoms with Gasteiger partial charge in [-0.25, -0.2) is 4.79 Å². The maximum atomic E-state index is 11.8. The Bertz CT molecular complexity index is 1020. The highest BCUT2D eigenvalue weighted by Gasteiger charge is 2.11. The summed E-state index contributed by atoms with van der Waals surface area (Å²) in [6.45, 7) is -0.307. The van der Waals surface area contributed by atoms with Crippen LogP contribution in [-0.4, -0.2) is 23.3 Å². The molecular weight excluding hydrogens is 350 g/mol. The third-order valence-corrected chi connectivity index (χ3v) is 3.74. The Labute approximate surface area is 153 Å². The molecule has 0 atom stereocenters. The van der Waals surface area contributed by atoms with Crippen LogP contribution >= 0.6 is 0 Å². The molecule has 3 aromatic rings. The quantitative estimate of drug-likeness (QED) is 0.221. The van der Waals surface area contributed by atoms with Crippen LogP contribution in [0.4, 0.5) is 5.69 Å². The highest BCUT2D eigenvalue weighted by atomic mass is 16.7. The Balaban J connectivity index is 1.56. The van der Waals surface area contributed by atoms with E-state index in [9.17, 15) is 14.9 Å². The van der Waals surface area contributed by atoms with E-state index in [1.54, 1.807) is 6.07 Å². The lowest BCUT2D eigenvalue weighted by molar-refractivity contribution is -0.724. The van der Waals surface area contributed by atoms with Gasteiger partial charge in [0.2, 0.25) is 0 Å². The normalized spacial score (nSPS) is 11.2. The van der Waals surface area contributed by atoms with Crippen molar-refractivity contribution < 1.29 is 24.4 Å². The third-order valence-electron chi connectivity index (χ3n) is 3.74. The molecule has 0 unspecified atom stereocenters. The van der Waals surface area contributed by atoms with Crippen LogP contribution in [0.2, 0.25) is 0 Å². The minimum atomic E-state index is -0.673. The molecule has 0 fully saturated rings. The second-order valence-corrected chi connectivity index (χ2v) is 5.59. The predicted octanol–water partition coefficient (Wildman–Crippen LogP) is 1.07. The molecule has 136 valence electrons. The SMILES string of the molecule is NC(=[NH+]OC(=O)COc1ccc2ccccc2c1)c1ccc([N+](=O)[O-])cc1. The molecule has 0 aliphatic heterocycles. The summed E-state index contributed by atoms with van der Waals surface area (Å²) in [6, 6.07) is 18.8. The molecule has 0 amide bonds. The summed E-state index contributed by atoms with van der Waals surface area (Å²) in [6.07, 6.45) is 0. The molecule has 0 heterocycles. The van der Waals surface area contributed by atoms with E-state index in [0.29, 0.717) is 11.3 Å². The number of nitrogens with one attached hydrogen (secondary N) is 1. The number of ether oxygens (including phenoxy) is 1. The van der Waals surface area contributed by atoms with E-state index >= 15 is 0 Å². The van der Waals surface area contributed by atoms with Crippen LogP contribution in [0.5, 0.6) is 5.75 Å². The molecule has 3 aromatic carbocycles. The fourth-order valence-corrected chi connectivity index (χ4v) is 2.36. The van der Waals surface area contributed by atoms with Gasteiger partial charge >= 0.3 is 11.8 Å². The number of carbonyl (C=O) groups excluding carboxylic acids is 1. The van der Waals surface area contributed by atoms with Crippen molar-refractivity contribution in [3.63, 3.8) is 0 Å². The number of non-ortho nitro benzene ring substituents is 1. The summed E-state index contributed by atoms with van der Waals surface area (Å²) in [7, 11) is 0. The molecule has 8 heteroatoms. The van der Waals surface area contributed by atoms with Crippen LogP contribution in [0.15, 0.2) is 66.7 Å². The van der Waals surface area contributed by atoms with Gasteiger partial charge in [0.15, 0.2) is 6.61 Å². The Morgan fingerprint density at radius 3 is 2.44 bits per heavy atom.